The van der Waals surface area contributed by atoms with Gasteiger partial charge in [-0.2, -0.15) is 0 Å². The number of hydrogen-bond donors (Lipinski definition) is 1. The Balaban J connectivity index is 1.12. The minimum absolute atomic E-state index is 0.149. The van der Waals surface area contributed by atoms with Gasteiger partial charge in [0.2, 0.25) is 0 Å². The Hall–Kier alpha value is -7.00. The molecule has 1 aliphatic rings. The lowest BCUT2D eigenvalue weighted by molar-refractivity contribution is 0.0698. The van der Waals surface area contributed by atoms with Crippen LogP contribution in [0, 0.1) is 13.8 Å². The Morgan fingerprint density at radius 1 is 0.641 bits per heavy atom. The van der Waals surface area contributed by atoms with E-state index in [2.05, 4.69) is 27.8 Å². The van der Waals surface area contributed by atoms with Crippen molar-refractivity contribution in [2.45, 2.75) is 52.0 Å². The average molecular weight is 880 g/mol. The van der Waals surface area contributed by atoms with Crippen LogP contribution in [-0.4, -0.2) is 30.6 Å². The van der Waals surface area contributed by atoms with Crippen molar-refractivity contribution in [3.63, 3.8) is 0 Å². The third-order valence-electron chi connectivity index (χ3n) is 12.6. The van der Waals surface area contributed by atoms with Gasteiger partial charge < -0.3 is 18.5 Å². The predicted octanol–water partition coefficient (Wildman–Crippen LogP) is 15.4. The molecule has 1 N–H and O–H groups in total. The van der Waals surface area contributed by atoms with Crippen LogP contribution in [-0.2, 0) is 0 Å². The largest absolute Gasteiger partial charge is 0.478 e. The Labute approximate surface area is 378 Å². The number of carboxylic acid groups (broad SMARTS) is 1. The molecule has 1 aliphatic carbocycles. The van der Waals surface area contributed by atoms with Gasteiger partial charge in [0.05, 0.1) is 33.3 Å². The Morgan fingerprint density at radius 2 is 1.25 bits per heavy atom. The number of pyridine rings is 2. The van der Waals surface area contributed by atoms with Gasteiger partial charge in [-0.1, -0.05) is 60.7 Å². The molecule has 1 fully saturated rings. The number of rotatable bonds is 8. The molecular weight excluding hydrogens is 840 g/mol. The third kappa shape index (κ3) is 7.03. The zero-order valence-electron chi connectivity index (χ0n) is 35.0. The summed E-state index contributed by atoms with van der Waals surface area (Å²) < 4.78 is 15.0. The van der Waals surface area contributed by atoms with Crippen LogP contribution < -0.4 is 0 Å². The smallest absolute Gasteiger partial charge is 0.337 e. The normalized spacial score (nSPS) is 13.4. The summed E-state index contributed by atoms with van der Waals surface area (Å²) in [7, 11) is 0. The van der Waals surface area contributed by atoms with Gasteiger partial charge in [0.1, 0.15) is 28.9 Å². The van der Waals surface area contributed by atoms with Gasteiger partial charge in [-0.3, -0.25) is 4.98 Å². The topological polar surface area (TPSA) is 107 Å². The Morgan fingerprint density at radius 3 is 1.95 bits per heavy atom. The van der Waals surface area contributed by atoms with Gasteiger partial charge in [0.25, 0.3) is 0 Å². The summed E-state index contributed by atoms with van der Waals surface area (Å²) in [5, 5.41) is 14.5. The van der Waals surface area contributed by atoms with Crippen LogP contribution in [0.3, 0.4) is 0 Å². The fourth-order valence-corrected chi connectivity index (χ4v) is 9.75. The average Bonchev–Trinajstić information content (AvgIpc) is 4.03. The number of furan rings is 2. The second-order valence-electron chi connectivity index (χ2n) is 16.6. The molecule has 5 heterocycles. The van der Waals surface area contributed by atoms with E-state index < -0.39 is 5.97 Å². The monoisotopic (exact) mass is 878 g/mol. The SMILES string of the molecule is Cc1oc(-c2ccc(Cl)cc2)cc1-c1ccc2cc(-c3nc4c(-c5ccc6ncccc6c5)c(C(=O)O)c(-c5cc(-c6ccc(Cl)cc6)oc5C)cc4n3C3CCCCC3)ccc2n1. The van der Waals surface area contributed by atoms with Crippen molar-refractivity contribution in [1.82, 2.24) is 19.5 Å². The molecule has 314 valence electrons. The summed E-state index contributed by atoms with van der Waals surface area (Å²) in [6, 6.07) is 41.4. The van der Waals surface area contributed by atoms with Crippen LogP contribution in [0.25, 0.3) is 100 Å². The van der Waals surface area contributed by atoms with Crippen LogP contribution in [0.2, 0.25) is 10.0 Å². The van der Waals surface area contributed by atoms with Crippen molar-refractivity contribution >= 4 is 62.0 Å². The van der Waals surface area contributed by atoms with Gasteiger partial charge in [-0.15, -0.1) is 0 Å². The lowest BCUT2D eigenvalue weighted by Crippen LogP contribution is -2.14. The first kappa shape index (κ1) is 39.8. The molecule has 64 heavy (non-hydrogen) atoms. The fourth-order valence-electron chi connectivity index (χ4n) is 9.50. The van der Waals surface area contributed by atoms with Gasteiger partial charge in [0, 0.05) is 72.0 Å². The first-order valence-corrected chi connectivity index (χ1v) is 22.2. The zero-order chi connectivity index (χ0) is 43.6. The first-order valence-electron chi connectivity index (χ1n) is 21.5. The van der Waals surface area contributed by atoms with Crippen LogP contribution in [0.4, 0.5) is 0 Å². The number of carboxylic acids is 1. The van der Waals surface area contributed by atoms with E-state index in [0.29, 0.717) is 43.8 Å². The molecule has 8 nitrogen and oxygen atoms in total. The summed E-state index contributed by atoms with van der Waals surface area (Å²) in [5.74, 6) is 2.49. The summed E-state index contributed by atoms with van der Waals surface area (Å²) in [5.41, 5.74) is 10.3. The van der Waals surface area contributed by atoms with Gasteiger partial charge in [-0.25, -0.2) is 14.8 Å². The van der Waals surface area contributed by atoms with Crippen molar-refractivity contribution in [3.05, 3.63) is 161 Å². The minimum atomic E-state index is -1.05. The number of fused-ring (bicyclic) bond motifs is 3. The van der Waals surface area contributed by atoms with Gasteiger partial charge in [0.15, 0.2) is 0 Å². The molecule has 0 saturated heterocycles. The summed E-state index contributed by atoms with van der Waals surface area (Å²) >= 11 is 12.4. The number of nitrogens with zero attached hydrogens (tertiary/aromatic N) is 4. The van der Waals surface area contributed by atoms with E-state index in [1.165, 1.54) is 6.42 Å². The van der Waals surface area contributed by atoms with Gasteiger partial charge in [-0.05, 0) is 141 Å². The number of benzene rings is 5. The molecule has 10 heteroatoms. The molecule has 0 bridgehead atoms. The molecule has 10 aromatic rings. The number of aromatic nitrogens is 4. The summed E-state index contributed by atoms with van der Waals surface area (Å²) in [6.07, 6.45) is 7.09. The van der Waals surface area contributed by atoms with Crippen LogP contribution >= 0.6 is 23.2 Å². The van der Waals surface area contributed by atoms with Crippen molar-refractivity contribution < 1.29 is 18.7 Å². The van der Waals surface area contributed by atoms with Crippen molar-refractivity contribution in [2.24, 2.45) is 0 Å². The summed E-state index contributed by atoms with van der Waals surface area (Å²) in [4.78, 5) is 29.0. The minimum Gasteiger partial charge on any atom is -0.478 e. The maximum atomic E-state index is 13.9. The standard InChI is InChI=1S/C54H40Cl2N4O4/c1-30-41(28-48(63-30)32-10-17-38(55)18-11-32)43-27-47-52(50(51(43)54(61)62)36-15-21-44-34(25-36)7-6-24-57-44)59-53(60(47)40-8-4-3-5-9-40)37-16-22-45-35(26-37)14-23-46(58-45)42-29-49(64-31(42)2)33-12-19-39(56)20-13-33/h6-7,10-29,40H,3-5,8-9H2,1-2H3,(H,61,62). The lowest BCUT2D eigenvalue weighted by atomic mass is 9.89. The lowest BCUT2D eigenvalue weighted by Gasteiger charge is -2.26. The Bertz CT molecular complexity index is 3450. The van der Waals surface area contributed by atoms with Crippen molar-refractivity contribution in [2.75, 3.05) is 0 Å². The number of aromatic carboxylic acids is 1. The number of carbonyl (C=O) groups is 1. The van der Waals surface area contributed by atoms with E-state index in [9.17, 15) is 9.90 Å². The molecule has 1 saturated carbocycles. The van der Waals surface area contributed by atoms with E-state index in [1.54, 1.807) is 6.20 Å². The van der Waals surface area contributed by atoms with Gasteiger partial charge >= 0.3 is 5.97 Å². The number of aryl methyl sites for hydroxylation is 2. The zero-order valence-corrected chi connectivity index (χ0v) is 36.5. The van der Waals surface area contributed by atoms with Crippen LogP contribution in [0.5, 0.6) is 0 Å². The highest BCUT2D eigenvalue weighted by Crippen LogP contribution is 2.46. The molecule has 0 aliphatic heterocycles. The maximum Gasteiger partial charge on any atom is 0.337 e. The first-order chi connectivity index (χ1) is 31.2. The summed E-state index contributed by atoms with van der Waals surface area (Å²) in [6.45, 7) is 3.84. The van der Waals surface area contributed by atoms with Crippen molar-refractivity contribution in [1.29, 1.82) is 0 Å². The number of hydrogen-bond acceptors (Lipinski definition) is 6. The molecule has 0 amide bonds. The number of imidazole rings is 1. The molecule has 0 unspecified atom stereocenters. The van der Waals surface area contributed by atoms with Crippen LogP contribution in [0.15, 0.2) is 142 Å². The Kier molecular flexibility index (Phi) is 9.93. The van der Waals surface area contributed by atoms with E-state index >= 15 is 0 Å². The highest BCUT2D eigenvalue weighted by atomic mass is 35.5. The third-order valence-corrected chi connectivity index (χ3v) is 13.1. The van der Waals surface area contributed by atoms with E-state index in [-0.39, 0.29) is 11.6 Å². The highest BCUT2D eigenvalue weighted by Gasteiger charge is 2.31. The highest BCUT2D eigenvalue weighted by molar-refractivity contribution is 6.31. The quantitative estimate of drug-likeness (QED) is 0.162. The fraction of sp³-hybridized carbons (Fsp3) is 0.148. The molecule has 5 aromatic heterocycles. The van der Waals surface area contributed by atoms with E-state index in [0.717, 1.165) is 104 Å². The van der Waals surface area contributed by atoms with E-state index in [4.69, 9.17) is 42.0 Å². The second-order valence-corrected chi connectivity index (χ2v) is 17.5. The molecule has 11 rings (SSSR count). The molecule has 0 radical (unpaired) electrons. The van der Waals surface area contributed by atoms with Crippen LogP contribution in [0.1, 0.15) is 60.0 Å². The second kappa shape index (κ2) is 16.0. The number of halogens is 2. The van der Waals surface area contributed by atoms with Crippen molar-refractivity contribution in [3.8, 4) is 67.5 Å². The molecular formula is C54H40Cl2N4O4. The van der Waals surface area contributed by atoms with E-state index in [1.807, 2.05) is 123 Å². The predicted molar refractivity (Wildman–Crippen MR) is 256 cm³/mol. The molecule has 5 aromatic carbocycles. The molecule has 0 atom stereocenters. The molecule has 0 spiro atoms. The maximum absolute atomic E-state index is 13.9.